The zero-order chi connectivity index (χ0) is 15.1. The maximum Gasteiger partial charge on any atom is 0.273 e. The lowest BCUT2D eigenvalue weighted by Gasteiger charge is -2.24. The summed E-state index contributed by atoms with van der Waals surface area (Å²) in [6.45, 7) is 2.27. The Morgan fingerprint density at radius 1 is 1.33 bits per heavy atom. The van der Waals surface area contributed by atoms with Crippen LogP contribution in [0, 0.1) is 5.92 Å². The number of ether oxygens (including phenoxy) is 1. The molecule has 21 heavy (non-hydrogen) atoms. The first-order valence-corrected chi connectivity index (χ1v) is 8.88. The molecule has 1 aliphatic carbocycles. The van der Waals surface area contributed by atoms with Crippen LogP contribution in [0.1, 0.15) is 31.4 Å². The molecule has 0 atom stereocenters. The van der Waals surface area contributed by atoms with E-state index in [-0.39, 0.29) is 5.09 Å². The first kappa shape index (κ1) is 16.5. The normalized spacial score (nSPS) is 16.0. The molecule has 1 aliphatic rings. The Morgan fingerprint density at radius 2 is 2.14 bits per heavy atom. The fourth-order valence-corrected chi connectivity index (χ4v) is 3.23. The van der Waals surface area contributed by atoms with Gasteiger partial charge < -0.3 is 14.5 Å². The van der Waals surface area contributed by atoms with Crippen molar-refractivity contribution < 1.29 is 17.6 Å². The number of hydrogen-bond acceptors (Lipinski definition) is 5. The van der Waals surface area contributed by atoms with Gasteiger partial charge in [-0.05, 0) is 24.5 Å². The van der Waals surface area contributed by atoms with Crippen molar-refractivity contribution >= 4 is 10.0 Å². The highest BCUT2D eigenvalue weighted by Crippen LogP contribution is 2.28. The van der Waals surface area contributed by atoms with E-state index in [2.05, 4.69) is 10.0 Å². The molecule has 1 aromatic heterocycles. The lowest BCUT2D eigenvalue weighted by Crippen LogP contribution is -2.27. The molecule has 0 saturated heterocycles. The van der Waals surface area contributed by atoms with Gasteiger partial charge in [-0.2, -0.15) is 0 Å². The van der Waals surface area contributed by atoms with E-state index in [9.17, 15) is 8.42 Å². The second kappa shape index (κ2) is 7.93. The van der Waals surface area contributed by atoms with E-state index in [0.717, 1.165) is 6.42 Å². The van der Waals surface area contributed by atoms with Crippen molar-refractivity contribution in [1.82, 2.24) is 10.0 Å². The van der Waals surface area contributed by atoms with Crippen LogP contribution in [-0.4, -0.2) is 35.2 Å². The third kappa shape index (κ3) is 5.10. The van der Waals surface area contributed by atoms with Crippen molar-refractivity contribution in [2.75, 3.05) is 26.8 Å². The molecule has 6 nitrogen and oxygen atoms in total. The van der Waals surface area contributed by atoms with Gasteiger partial charge in [0.25, 0.3) is 10.0 Å². The molecular weight excluding hydrogens is 292 g/mol. The predicted molar refractivity (Wildman–Crippen MR) is 79.4 cm³/mol. The van der Waals surface area contributed by atoms with Crippen LogP contribution in [0.2, 0.25) is 0 Å². The molecule has 1 fully saturated rings. The molecule has 0 amide bonds. The highest BCUT2D eigenvalue weighted by molar-refractivity contribution is 7.89. The molecule has 0 spiro atoms. The Morgan fingerprint density at radius 3 is 2.81 bits per heavy atom. The molecule has 2 N–H and O–H groups in total. The van der Waals surface area contributed by atoms with Crippen molar-refractivity contribution in [3.63, 3.8) is 0 Å². The molecule has 0 aromatic carbocycles. The largest absolute Gasteiger partial charge is 0.447 e. The van der Waals surface area contributed by atoms with Crippen molar-refractivity contribution in [3.8, 4) is 0 Å². The molecule has 0 bridgehead atoms. The minimum atomic E-state index is -3.52. The van der Waals surface area contributed by atoms with Crippen molar-refractivity contribution in [3.05, 3.63) is 17.9 Å². The van der Waals surface area contributed by atoms with Crippen LogP contribution in [0.3, 0.4) is 0 Å². The molecule has 0 unspecified atom stereocenters. The van der Waals surface area contributed by atoms with Crippen LogP contribution in [0.5, 0.6) is 0 Å². The molecule has 0 radical (unpaired) electrons. The zero-order valence-electron chi connectivity index (χ0n) is 12.4. The van der Waals surface area contributed by atoms with Gasteiger partial charge in [-0.25, -0.2) is 13.1 Å². The predicted octanol–water partition coefficient (Wildman–Crippen LogP) is 1.48. The number of nitrogens with one attached hydrogen (secondary N) is 2. The molecule has 1 aromatic rings. The topological polar surface area (TPSA) is 80.6 Å². The van der Waals surface area contributed by atoms with Gasteiger partial charge in [0, 0.05) is 20.2 Å². The highest BCUT2D eigenvalue weighted by Gasteiger charge is 2.21. The van der Waals surface area contributed by atoms with Gasteiger partial charge in [-0.3, -0.25) is 0 Å². The van der Waals surface area contributed by atoms with Crippen LogP contribution in [0.4, 0.5) is 0 Å². The third-order valence-corrected chi connectivity index (χ3v) is 5.09. The van der Waals surface area contributed by atoms with E-state index in [1.54, 1.807) is 13.2 Å². The van der Waals surface area contributed by atoms with Crippen LogP contribution in [-0.2, 0) is 21.3 Å². The van der Waals surface area contributed by atoms with E-state index >= 15 is 0 Å². The smallest absolute Gasteiger partial charge is 0.273 e. The average Bonchev–Trinajstić information content (AvgIpc) is 2.87. The highest BCUT2D eigenvalue weighted by atomic mass is 32.2. The Labute approximate surface area is 126 Å². The summed E-state index contributed by atoms with van der Waals surface area (Å²) >= 11 is 0. The lowest BCUT2D eigenvalue weighted by molar-refractivity contribution is 0.198. The quantitative estimate of drug-likeness (QED) is 0.639. The second-order valence-corrected chi connectivity index (χ2v) is 7.07. The maximum atomic E-state index is 12.1. The van der Waals surface area contributed by atoms with E-state index in [1.165, 1.54) is 25.3 Å². The van der Waals surface area contributed by atoms with Gasteiger partial charge in [-0.1, -0.05) is 19.3 Å². The summed E-state index contributed by atoms with van der Waals surface area (Å²) in [5, 5.41) is 3.09. The number of sulfonamides is 1. The third-order valence-electron chi connectivity index (χ3n) is 3.75. The monoisotopic (exact) mass is 316 g/mol. The maximum absolute atomic E-state index is 12.1. The zero-order valence-corrected chi connectivity index (χ0v) is 13.2. The summed E-state index contributed by atoms with van der Waals surface area (Å²) in [5.74, 6) is 1.29. The Balaban J connectivity index is 1.77. The summed E-state index contributed by atoms with van der Waals surface area (Å²) in [7, 11) is -1.89. The fraction of sp³-hybridized carbons (Fsp3) is 0.714. The molecule has 1 saturated carbocycles. The minimum Gasteiger partial charge on any atom is -0.447 e. The van der Waals surface area contributed by atoms with Crippen molar-refractivity contribution in [2.45, 2.75) is 37.3 Å². The minimum absolute atomic E-state index is 0.0142. The summed E-state index contributed by atoms with van der Waals surface area (Å²) in [4.78, 5) is 0. The summed E-state index contributed by atoms with van der Waals surface area (Å²) in [6.07, 6.45) is 4.62. The van der Waals surface area contributed by atoms with Gasteiger partial charge in [0.05, 0.1) is 13.2 Å². The molecule has 0 aliphatic heterocycles. The van der Waals surface area contributed by atoms with E-state index in [1.807, 2.05) is 0 Å². The van der Waals surface area contributed by atoms with Crippen molar-refractivity contribution in [1.29, 1.82) is 0 Å². The van der Waals surface area contributed by atoms with Gasteiger partial charge in [-0.15, -0.1) is 0 Å². The van der Waals surface area contributed by atoms with Crippen LogP contribution >= 0.6 is 0 Å². The number of furan rings is 1. The lowest BCUT2D eigenvalue weighted by atomic mass is 9.83. The van der Waals surface area contributed by atoms with Crippen LogP contribution < -0.4 is 10.0 Å². The van der Waals surface area contributed by atoms with E-state index < -0.39 is 10.0 Å². The van der Waals surface area contributed by atoms with Crippen LogP contribution in [0.15, 0.2) is 21.6 Å². The fourth-order valence-electron chi connectivity index (χ4n) is 2.23. The first-order chi connectivity index (χ1) is 10.1. The average molecular weight is 316 g/mol. The number of hydrogen-bond donors (Lipinski definition) is 2. The van der Waals surface area contributed by atoms with Crippen LogP contribution in [0.25, 0.3) is 0 Å². The Bertz CT molecular complexity index is 523. The molecule has 120 valence electrons. The van der Waals surface area contributed by atoms with E-state index in [0.29, 0.717) is 37.9 Å². The Hall–Kier alpha value is -0.890. The molecule has 1 heterocycles. The van der Waals surface area contributed by atoms with Gasteiger partial charge >= 0.3 is 0 Å². The van der Waals surface area contributed by atoms with E-state index in [4.69, 9.17) is 9.15 Å². The van der Waals surface area contributed by atoms with Gasteiger partial charge in [0.1, 0.15) is 5.76 Å². The molecule has 7 heteroatoms. The van der Waals surface area contributed by atoms with Crippen molar-refractivity contribution in [2.24, 2.45) is 5.92 Å². The standard InChI is InChI=1S/C14H24N2O4S/c1-19-10-9-15-11-13-5-6-14(20-13)21(17,18)16-8-7-12-3-2-4-12/h5-6,12,15-16H,2-4,7-11H2,1H3. The number of rotatable bonds is 10. The van der Waals surface area contributed by atoms with Gasteiger partial charge in [0.15, 0.2) is 0 Å². The molecule has 2 rings (SSSR count). The Kier molecular flexibility index (Phi) is 6.22. The summed E-state index contributed by atoms with van der Waals surface area (Å²) in [6, 6.07) is 3.18. The SMILES string of the molecule is COCCNCc1ccc(S(=O)(=O)NCCC2CCC2)o1. The first-order valence-electron chi connectivity index (χ1n) is 7.40. The summed E-state index contributed by atoms with van der Waals surface area (Å²) in [5.41, 5.74) is 0. The second-order valence-electron chi connectivity index (χ2n) is 5.37. The number of methoxy groups -OCH3 is 1. The molecular formula is C14H24N2O4S. The summed E-state index contributed by atoms with van der Waals surface area (Å²) < 4.78 is 37.0. The van der Waals surface area contributed by atoms with Gasteiger partial charge in [0.2, 0.25) is 5.09 Å².